The molecule has 0 bridgehead atoms. The summed E-state index contributed by atoms with van der Waals surface area (Å²) in [6, 6.07) is 18.6. The molecule has 1 saturated heterocycles. The number of rotatable bonds is 4. The second kappa shape index (κ2) is 8.68. The van der Waals surface area contributed by atoms with Crippen LogP contribution in [0.2, 0.25) is 10.0 Å². The highest BCUT2D eigenvalue weighted by atomic mass is 35.5. The number of anilines is 1. The van der Waals surface area contributed by atoms with Gasteiger partial charge in [-0.25, -0.2) is 4.99 Å². The average Bonchev–Trinajstić information content (AvgIpc) is 2.98. The van der Waals surface area contributed by atoms with E-state index in [0.29, 0.717) is 20.9 Å². The van der Waals surface area contributed by atoms with E-state index in [0.717, 1.165) is 16.5 Å². The number of hydrogen-bond acceptors (Lipinski definition) is 4. The van der Waals surface area contributed by atoms with Crippen LogP contribution < -0.4 is 5.32 Å². The van der Waals surface area contributed by atoms with Gasteiger partial charge in [0, 0.05) is 23.9 Å². The average molecular weight is 458 g/mol. The van der Waals surface area contributed by atoms with E-state index < -0.39 is 5.25 Å². The summed E-state index contributed by atoms with van der Waals surface area (Å²) in [5.74, 6) is -0.457. The first kappa shape index (κ1) is 20.7. The molecule has 0 saturated carbocycles. The number of aliphatic imine (C=N–C) groups is 1. The lowest BCUT2D eigenvalue weighted by Crippen LogP contribution is -2.30. The van der Waals surface area contributed by atoms with E-state index >= 15 is 0 Å². The number of thioether (sulfide) groups is 1. The van der Waals surface area contributed by atoms with Gasteiger partial charge in [0.05, 0.1) is 16.4 Å². The molecule has 152 valence electrons. The van der Waals surface area contributed by atoms with Crippen LogP contribution in [-0.4, -0.2) is 34.2 Å². The van der Waals surface area contributed by atoms with E-state index in [2.05, 4.69) is 5.32 Å². The summed E-state index contributed by atoms with van der Waals surface area (Å²) in [5.41, 5.74) is 1.24. The highest BCUT2D eigenvalue weighted by Crippen LogP contribution is 2.33. The quantitative estimate of drug-likeness (QED) is 0.543. The predicted molar refractivity (Wildman–Crippen MR) is 125 cm³/mol. The minimum atomic E-state index is -0.546. The standard InChI is InChI=1S/C22H17Cl2N3O2S/c1-27-21(29)19(12-20(28)25-18-10-9-14(23)11-16(18)24)30-22(27)26-17-8-4-6-13-5-2-3-7-15(13)17/h2-11,19H,12H2,1H3,(H,25,28)/t19-/m1/s1. The van der Waals surface area contributed by atoms with Crippen molar-refractivity contribution in [2.24, 2.45) is 4.99 Å². The Bertz CT molecular complexity index is 1180. The molecule has 3 aromatic carbocycles. The molecule has 1 atom stereocenters. The molecule has 1 aliphatic heterocycles. The van der Waals surface area contributed by atoms with Gasteiger partial charge in [-0.2, -0.15) is 0 Å². The van der Waals surface area contributed by atoms with E-state index in [4.69, 9.17) is 28.2 Å². The fourth-order valence-corrected chi connectivity index (χ4v) is 4.77. The molecule has 0 aliphatic carbocycles. The number of hydrogen-bond donors (Lipinski definition) is 1. The fourth-order valence-electron chi connectivity index (χ4n) is 3.17. The molecule has 3 aromatic rings. The van der Waals surface area contributed by atoms with Gasteiger partial charge in [0.2, 0.25) is 11.8 Å². The van der Waals surface area contributed by atoms with E-state index in [-0.39, 0.29) is 18.2 Å². The Morgan fingerprint density at radius 3 is 2.70 bits per heavy atom. The van der Waals surface area contributed by atoms with Gasteiger partial charge in [-0.05, 0) is 29.7 Å². The molecule has 0 spiro atoms. The Hall–Kier alpha value is -2.54. The van der Waals surface area contributed by atoms with Gasteiger partial charge >= 0.3 is 0 Å². The monoisotopic (exact) mass is 457 g/mol. The molecule has 2 amide bonds. The van der Waals surface area contributed by atoms with Gasteiger partial charge in [0.25, 0.3) is 0 Å². The van der Waals surface area contributed by atoms with Crippen molar-refractivity contribution in [1.29, 1.82) is 0 Å². The van der Waals surface area contributed by atoms with Crippen molar-refractivity contribution in [2.45, 2.75) is 11.7 Å². The Balaban J connectivity index is 1.51. The number of amides is 2. The van der Waals surface area contributed by atoms with E-state index in [1.54, 1.807) is 25.2 Å². The Morgan fingerprint density at radius 1 is 1.13 bits per heavy atom. The van der Waals surface area contributed by atoms with Gasteiger partial charge in [-0.1, -0.05) is 71.4 Å². The highest BCUT2D eigenvalue weighted by molar-refractivity contribution is 8.15. The van der Waals surface area contributed by atoms with E-state index in [9.17, 15) is 9.59 Å². The number of amidine groups is 1. The molecule has 0 aromatic heterocycles. The van der Waals surface area contributed by atoms with Gasteiger partial charge in [-0.15, -0.1) is 0 Å². The molecule has 0 unspecified atom stereocenters. The topological polar surface area (TPSA) is 61.8 Å². The first-order chi connectivity index (χ1) is 14.4. The van der Waals surface area contributed by atoms with E-state index in [1.165, 1.54) is 16.7 Å². The van der Waals surface area contributed by atoms with E-state index in [1.807, 2.05) is 42.5 Å². The summed E-state index contributed by atoms with van der Waals surface area (Å²) in [4.78, 5) is 31.3. The second-order valence-electron chi connectivity index (χ2n) is 6.77. The number of halogens is 2. The van der Waals surface area contributed by atoms with Crippen LogP contribution in [-0.2, 0) is 9.59 Å². The van der Waals surface area contributed by atoms with Crippen molar-refractivity contribution in [3.8, 4) is 0 Å². The molecule has 1 N–H and O–H groups in total. The lowest BCUT2D eigenvalue weighted by molar-refractivity contribution is -0.127. The Labute approximate surface area is 188 Å². The molecule has 1 aliphatic rings. The summed E-state index contributed by atoms with van der Waals surface area (Å²) >= 11 is 13.3. The largest absolute Gasteiger partial charge is 0.325 e. The molecule has 8 heteroatoms. The smallest absolute Gasteiger partial charge is 0.242 e. The van der Waals surface area contributed by atoms with Crippen molar-refractivity contribution >= 4 is 74.1 Å². The van der Waals surface area contributed by atoms with Crippen LogP contribution >= 0.6 is 35.0 Å². The number of fused-ring (bicyclic) bond motifs is 1. The van der Waals surface area contributed by atoms with Crippen LogP contribution in [0.4, 0.5) is 11.4 Å². The minimum absolute atomic E-state index is 0.0152. The van der Waals surface area contributed by atoms with Crippen molar-refractivity contribution in [1.82, 2.24) is 4.90 Å². The van der Waals surface area contributed by atoms with Crippen molar-refractivity contribution < 1.29 is 9.59 Å². The number of benzene rings is 3. The third-order valence-corrected chi connectivity index (χ3v) is 6.48. The number of nitrogens with zero attached hydrogens (tertiary/aromatic N) is 2. The molecule has 0 radical (unpaired) electrons. The van der Waals surface area contributed by atoms with Crippen LogP contribution in [0, 0.1) is 0 Å². The zero-order valence-corrected chi connectivity index (χ0v) is 18.3. The number of carbonyl (C=O) groups is 2. The predicted octanol–water partition coefficient (Wildman–Crippen LogP) is 5.74. The van der Waals surface area contributed by atoms with Gasteiger partial charge < -0.3 is 5.32 Å². The van der Waals surface area contributed by atoms with Crippen molar-refractivity contribution in [3.63, 3.8) is 0 Å². The van der Waals surface area contributed by atoms with Gasteiger partial charge in [0.1, 0.15) is 5.25 Å². The molecule has 5 nitrogen and oxygen atoms in total. The lowest BCUT2D eigenvalue weighted by Gasteiger charge is -2.10. The van der Waals surface area contributed by atoms with Crippen molar-refractivity contribution in [2.75, 3.05) is 12.4 Å². The maximum absolute atomic E-state index is 12.7. The lowest BCUT2D eigenvalue weighted by atomic mass is 10.1. The van der Waals surface area contributed by atoms with Crippen LogP contribution in [0.25, 0.3) is 10.8 Å². The molecule has 4 rings (SSSR count). The second-order valence-corrected chi connectivity index (χ2v) is 8.79. The fraction of sp³-hybridized carbons (Fsp3) is 0.136. The molecule has 1 heterocycles. The summed E-state index contributed by atoms with van der Waals surface area (Å²) in [7, 11) is 1.67. The normalized spacial score (nSPS) is 17.7. The molecular weight excluding hydrogens is 441 g/mol. The first-order valence-corrected chi connectivity index (χ1v) is 10.8. The van der Waals surface area contributed by atoms with Crippen LogP contribution in [0.3, 0.4) is 0 Å². The summed E-state index contributed by atoms with van der Waals surface area (Å²) in [5, 5.41) is 5.67. The minimum Gasteiger partial charge on any atom is -0.325 e. The molecule has 30 heavy (non-hydrogen) atoms. The zero-order chi connectivity index (χ0) is 21.3. The number of nitrogens with one attached hydrogen (secondary N) is 1. The third-order valence-electron chi connectivity index (χ3n) is 4.70. The third kappa shape index (κ3) is 4.31. The highest BCUT2D eigenvalue weighted by Gasteiger charge is 2.37. The van der Waals surface area contributed by atoms with Crippen LogP contribution in [0.5, 0.6) is 0 Å². The molecule has 1 fully saturated rings. The maximum Gasteiger partial charge on any atom is 0.242 e. The van der Waals surface area contributed by atoms with Crippen molar-refractivity contribution in [3.05, 3.63) is 70.7 Å². The summed E-state index contributed by atoms with van der Waals surface area (Å²) < 4.78 is 0. The first-order valence-electron chi connectivity index (χ1n) is 9.18. The van der Waals surface area contributed by atoms with Crippen LogP contribution in [0.15, 0.2) is 65.7 Å². The van der Waals surface area contributed by atoms with Gasteiger partial charge in [-0.3, -0.25) is 14.5 Å². The number of carbonyl (C=O) groups excluding carboxylic acids is 2. The summed E-state index contributed by atoms with van der Waals surface area (Å²) in [6.07, 6.45) is 0.0152. The Morgan fingerprint density at radius 2 is 1.90 bits per heavy atom. The summed E-state index contributed by atoms with van der Waals surface area (Å²) in [6.45, 7) is 0. The molecular formula is C22H17Cl2N3O2S. The Kier molecular flexibility index (Phi) is 5.99. The van der Waals surface area contributed by atoms with Gasteiger partial charge in [0.15, 0.2) is 5.17 Å². The maximum atomic E-state index is 12.7. The SMILES string of the molecule is CN1C(=O)[C@@H](CC(=O)Nc2ccc(Cl)cc2Cl)SC1=Nc1cccc2ccccc12. The van der Waals surface area contributed by atoms with Crippen LogP contribution in [0.1, 0.15) is 6.42 Å². The zero-order valence-electron chi connectivity index (χ0n) is 15.9.